The third kappa shape index (κ3) is 3.79. The summed E-state index contributed by atoms with van der Waals surface area (Å²) in [4.78, 5) is 15.8. The molecule has 0 N–H and O–H groups in total. The molecule has 0 aliphatic carbocycles. The molecule has 0 bridgehead atoms. The first kappa shape index (κ1) is 16.6. The predicted molar refractivity (Wildman–Crippen MR) is 86.8 cm³/mol. The number of carbonyl (C=O) groups is 1. The van der Waals surface area contributed by atoms with E-state index in [-0.39, 0.29) is 24.8 Å². The molecule has 25 heavy (non-hydrogen) atoms. The van der Waals surface area contributed by atoms with Crippen molar-refractivity contribution in [2.75, 3.05) is 6.61 Å². The molecule has 3 aromatic rings. The van der Waals surface area contributed by atoms with E-state index in [4.69, 9.17) is 14.0 Å². The Morgan fingerprint density at radius 2 is 2.08 bits per heavy atom. The van der Waals surface area contributed by atoms with Gasteiger partial charge in [-0.2, -0.15) is 0 Å². The second-order valence-electron chi connectivity index (χ2n) is 5.05. The molecule has 0 fully saturated rings. The molecule has 3 aromatic heterocycles. The van der Waals surface area contributed by atoms with Crippen LogP contribution in [-0.4, -0.2) is 32.9 Å². The Balaban J connectivity index is 1.72. The molecule has 128 valence electrons. The van der Waals surface area contributed by atoms with Gasteiger partial charge in [0.2, 0.25) is 5.88 Å². The van der Waals surface area contributed by atoms with Crippen molar-refractivity contribution in [1.29, 1.82) is 0 Å². The summed E-state index contributed by atoms with van der Waals surface area (Å²) in [6.45, 7) is 3.99. The summed E-state index contributed by atoms with van der Waals surface area (Å²) in [7, 11) is 0. The van der Waals surface area contributed by atoms with Gasteiger partial charge in [0, 0.05) is 12.3 Å². The van der Waals surface area contributed by atoms with Crippen LogP contribution in [-0.2, 0) is 11.3 Å². The van der Waals surface area contributed by atoms with Gasteiger partial charge in [0.05, 0.1) is 17.9 Å². The number of hydrogen-bond donors (Lipinski definition) is 0. The summed E-state index contributed by atoms with van der Waals surface area (Å²) in [5, 5.41) is 11.7. The fraction of sp³-hybridized carbons (Fsp3) is 0.235. The van der Waals surface area contributed by atoms with Crippen LogP contribution < -0.4 is 4.74 Å². The highest BCUT2D eigenvalue weighted by atomic mass is 16.5. The lowest BCUT2D eigenvalue weighted by Crippen LogP contribution is -2.08. The van der Waals surface area contributed by atoms with Gasteiger partial charge in [-0.1, -0.05) is 11.2 Å². The molecule has 0 saturated carbocycles. The monoisotopic (exact) mass is 340 g/mol. The summed E-state index contributed by atoms with van der Waals surface area (Å²) in [6, 6.07) is 8.60. The normalized spacial score (nSPS) is 10.5. The average molecular weight is 340 g/mol. The van der Waals surface area contributed by atoms with Crippen LogP contribution in [0.5, 0.6) is 5.88 Å². The van der Waals surface area contributed by atoms with Crippen LogP contribution in [0.4, 0.5) is 0 Å². The number of pyridine rings is 1. The van der Waals surface area contributed by atoms with Gasteiger partial charge in [0.15, 0.2) is 5.69 Å². The highest BCUT2D eigenvalue weighted by molar-refractivity contribution is 5.86. The molecule has 3 rings (SSSR count). The number of esters is 1. The molecule has 8 heteroatoms. The minimum Gasteiger partial charge on any atom is -0.472 e. The fourth-order valence-electron chi connectivity index (χ4n) is 2.12. The summed E-state index contributed by atoms with van der Waals surface area (Å²) < 4.78 is 15.7. The third-order valence-electron chi connectivity index (χ3n) is 3.38. The highest BCUT2D eigenvalue weighted by Crippen LogP contribution is 2.24. The Labute approximate surface area is 143 Å². The first-order valence-corrected chi connectivity index (χ1v) is 7.69. The lowest BCUT2D eigenvalue weighted by atomic mass is 10.1. The first-order chi connectivity index (χ1) is 12.2. The van der Waals surface area contributed by atoms with Gasteiger partial charge in [0.1, 0.15) is 18.1 Å². The Bertz CT molecular complexity index is 847. The maximum absolute atomic E-state index is 11.6. The van der Waals surface area contributed by atoms with E-state index in [0.29, 0.717) is 17.1 Å². The summed E-state index contributed by atoms with van der Waals surface area (Å²) in [6.07, 6.45) is 1.68. The maximum atomic E-state index is 11.6. The summed E-state index contributed by atoms with van der Waals surface area (Å²) >= 11 is 0. The van der Waals surface area contributed by atoms with Crippen LogP contribution in [0.1, 0.15) is 28.7 Å². The largest absolute Gasteiger partial charge is 0.472 e. The van der Waals surface area contributed by atoms with Crippen LogP contribution in [0.3, 0.4) is 0 Å². The number of nitrogens with zero attached hydrogens (tertiary/aromatic N) is 4. The van der Waals surface area contributed by atoms with Crippen molar-refractivity contribution >= 4 is 5.97 Å². The zero-order valence-corrected chi connectivity index (χ0v) is 13.8. The van der Waals surface area contributed by atoms with E-state index in [2.05, 4.69) is 20.3 Å². The van der Waals surface area contributed by atoms with Gasteiger partial charge in [-0.3, -0.25) is 4.98 Å². The second-order valence-corrected chi connectivity index (χ2v) is 5.05. The van der Waals surface area contributed by atoms with Gasteiger partial charge >= 0.3 is 5.97 Å². The molecule has 8 nitrogen and oxygen atoms in total. The lowest BCUT2D eigenvalue weighted by molar-refractivity contribution is 0.0518. The number of carbonyl (C=O) groups excluding carboxylic acids is 1. The summed E-state index contributed by atoms with van der Waals surface area (Å²) in [5.74, 6) is 0.395. The van der Waals surface area contributed by atoms with Crippen LogP contribution in [0.25, 0.3) is 11.4 Å². The van der Waals surface area contributed by atoms with Crippen molar-refractivity contribution in [3.05, 3.63) is 53.5 Å². The molecule has 0 spiro atoms. The molecule has 0 saturated heterocycles. The van der Waals surface area contributed by atoms with E-state index in [9.17, 15) is 4.79 Å². The molecular formula is C17H16N4O4. The number of ether oxygens (including phenoxy) is 2. The Morgan fingerprint density at radius 3 is 2.76 bits per heavy atom. The minimum absolute atomic E-state index is 0.129. The standard InChI is InChI=1S/C17H16N4O4/c1-3-23-17(22)14-7-8-15(20-19-14)24-10-12-11(2)25-21-16(12)13-6-4-5-9-18-13/h4-9H,3,10H2,1-2H3. The fourth-order valence-corrected chi connectivity index (χ4v) is 2.12. The molecule has 0 amide bonds. The van der Waals surface area contributed by atoms with Crippen LogP contribution in [0.2, 0.25) is 0 Å². The molecule has 0 aliphatic heterocycles. The van der Waals surface area contributed by atoms with E-state index in [1.165, 1.54) is 6.07 Å². The van der Waals surface area contributed by atoms with Crippen LogP contribution in [0, 0.1) is 6.92 Å². The van der Waals surface area contributed by atoms with E-state index < -0.39 is 5.97 Å². The van der Waals surface area contributed by atoms with Gasteiger partial charge in [-0.05, 0) is 32.0 Å². The van der Waals surface area contributed by atoms with Crippen LogP contribution in [0.15, 0.2) is 41.1 Å². The van der Waals surface area contributed by atoms with Crippen molar-refractivity contribution < 1.29 is 18.8 Å². The number of rotatable bonds is 6. The van der Waals surface area contributed by atoms with E-state index >= 15 is 0 Å². The van der Waals surface area contributed by atoms with Gasteiger partial charge in [0.25, 0.3) is 0 Å². The zero-order chi connectivity index (χ0) is 17.6. The average Bonchev–Trinajstić information content (AvgIpc) is 3.02. The van der Waals surface area contributed by atoms with Crippen molar-refractivity contribution in [2.24, 2.45) is 0 Å². The van der Waals surface area contributed by atoms with Gasteiger partial charge in [-0.15, -0.1) is 10.2 Å². The second kappa shape index (κ2) is 7.52. The Hall–Kier alpha value is -3.29. The van der Waals surface area contributed by atoms with E-state index in [1.54, 1.807) is 26.1 Å². The summed E-state index contributed by atoms with van der Waals surface area (Å²) in [5.41, 5.74) is 2.22. The van der Waals surface area contributed by atoms with E-state index in [0.717, 1.165) is 5.56 Å². The van der Waals surface area contributed by atoms with Crippen molar-refractivity contribution in [3.63, 3.8) is 0 Å². The molecule has 0 radical (unpaired) electrons. The van der Waals surface area contributed by atoms with Crippen LogP contribution >= 0.6 is 0 Å². The molecular weight excluding hydrogens is 324 g/mol. The van der Waals surface area contributed by atoms with Crippen molar-refractivity contribution in [2.45, 2.75) is 20.5 Å². The number of aromatic nitrogens is 4. The number of aryl methyl sites for hydroxylation is 1. The Kier molecular flexibility index (Phi) is 4.98. The number of hydrogen-bond acceptors (Lipinski definition) is 8. The lowest BCUT2D eigenvalue weighted by Gasteiger charge is -2.06. The molecule has 0 aromatic carbocycles. The Morgan fingerprint density at radius 1 is 1.20 bits per heavy atom. The maximum Gasteiger partial charge on any atom is 0.358 e. The molecule has 3 heterocycles. The van der Waals surface area contributed by atoms with Crippen molar-refractivity contribution in [3.8, 4) is 17.3 Å². The SMILES string of the molecule is CCOC(=O)c1ccc(OCc2c(-c3ccccn3)noc2C)nn1. The predicted octanol–water partition coefficient (Wildman–Crippen LogP) is 2.59. The molecule has 0 atom stereocenters. The van der Waals surface area contributed by atoms with E-state index in [1.807, 2.05) is 18.2 Å². The molecule has 0 unspecified atom stereocenters. The highest BCUT2D eigenvalue weighted by Gasteiger charge is 2.17. The molecule has 0 aliphatic rings. The smallest absolute Gasteiger partial charge is 0.358 e. The van der Waals surface area contributed by atoms with Gasteiger partial charge in [-0.25, -0.2) is 4.79 Å². The minimum atomic E-state index is -0.520. The topological polar surface area (TPSA) is 100 Å². The first-order valence-electron chi connectivity index (χ1n) is 7.69. The van der Waals surface area contributed by atoms with Crippen molar-refractivity contribution in [1.82, 2.24) is 20.3 Å². The third-order valence-corrected chi connectivity index (χ3v) is 3.38. The van der Waals surface area contributed by atoms with Gasteiger partial charge < -0.3 is 14.0 Å². The zero-order valence-electron chi connectivity index (χ0n) is 13.8. The quantitative estimate of drug-likeness (QED) is 0.631.